The van der Waals surface area contributed by atoms with E-state index in [1.165, 1.54) is 12.1 Å². The third-order valence-electron chi connectivity index (χ3n) is 3.23. The van der Waals surface area contributed by atoms with Crippen molar-refractivity contribution in [2.45, 2.75) is 6.54 Å². The Balaban J connectivity index is 1.93. The SMILES string of the molecule is O=C1CN(Cc2ccc(F)cc2Br)c2ccccc2N1. The normalized spacial score (nSPS) is 13.9. The monoisotopic (exact) mass is 334 g/mol. The van der Waals surface area contributed by atoms with E-state index in [1.807, 2.05) is 29.2 Å². The molecule has 2 aromatic carbocycles. The number of benzene rings is 2. The molecule has 1 aliphatic rings. The predicted molar refractivity (Wildman–Crippen MR) is 80.2 cm³/mol. The number of carbonyl (C=O) groups is 1. The molecule has 0 unspecified atom stereocenters. The minimum Gasteiger partial charge on any atom is -0.356 e. The van der Waals surface area contributed by atoms with E-state index in [0.29, 0.717) is 17.6 Å². The highest BCUT2D eigenvalue weighted by molar-refractivity contribution is 9.10. The average Bonchev–Trinajstić information content (AvgIpc) is 2.41. The summed E-state index contributed by atoms with van der Waals surface area (Å²) in [5.74, 6) is -0.320. The van der Waals surface area contributed by atoms with Crippen molar-refractivity contribution in [3.05, 3.63) is 58.3 Å². The summed E-state index contributed by atoms with van der Waals surface area (Å²) in [6.45, 7) is 0.839. The van der Waals surface area contributed by atoms with Gasteiger partial charge < -0.3 is 10.2 Å². The molecule has 0 atom stereocenters. The second-order valence-corrected chi connectivity index (χ2v) is 5.51. The van der Waals surface area contributed by atoms with Gasteiger partial charge in [-0.3, -0.25) is 4.79 Å². The molecule has 0 aromatic heterocycles. The number of para-hydroxylation sites is 2. The number of hydrogen-bond donors (Lipinski definition) is 1. The van der Waals surface area contributed by atoms with E-state index in [9.17, 15) is 9.18 Å². The Labute approximate surface area is 124 Å². The van der Waals surface area contributed by atoms with Crippen LogP contribution in [-0.4, -0.2) is 12.5 Å². The van der Waals surface area contributed by atoms with Gasteiger partial charge in [-0.1, -0.05) is 34.1 Å². The van der Waals surface area contributed by atoms with Gasteiger partial charge in [0.15, 0.2) is 0 Å². The minimum absolute atomic E-state index is 0.0399. The van der Waals surface area contributed by atoms with Gasteiger partial charge in [0.25, 0.3) is 0 Å². The number of anilines is 2. The van der Waals surface area contributed by atoms with Crippen molar-refractivity contribution < 1.29 is 9.18 Å². The summed E-state index contributed by atoms with van der Waals surface area (Å²) in [4.78, 5) is 13.7. The maximum absolute atomic E-state index is 13.1. The molecule has 5 heteroatoms. The van der Waals surface area contributed by atoms with E-state index in [1.54, 1.807) is 6.07 Å². The Kier molecular flexibility index (Phi) is 3.44. The first-order valence-electron chi connectivity index (χ1n) is 6.21. The van der Waals surface area contributed by atoms with Gasteiger partial charge in [-0.2, -0.15) is 0 Å². The second-order valence-electron chi connectivity index (χ2n) is 4.66. The van der Waals surface area contributed by atoms with Gasteiger partial charge in [-0.05, 0) is 29.8 Å². The largest absolute Gasteiger partial charge is 0.356 e. The van der Waals surface area contributed by atoms with Crippen LogP contribution in [0.3, 0.4) is 0 Å². The highest BCUT2D eigenvalue weighted by atomic mass is 79.9. The summed E-state index contributed by atoms with van der Waals surface area (Å²) >= 11 is 3.36. The smallest absolute Gasteiger partial charge is 0.243 e. The summed E-state index contributed by atoms with van der Waals surface area (Å²) in [5.41, 5.74) is 2.72. The lowest BCUT2D eigenvalue weighted by Gasteiger charge is -2.31. The van der Waals surface area contributed by atoms with Crippen LogP contribution in [0.2, 0.25) is 0 Å². The first-order chi connectivity index (χ1) is 9.63. The molecule has 0 saturated carbocycles. The maximum Gasteiger partial charge on any atom is 0.243 e. The lowest BCUT2D eigenvalue weighted by molar-refractivity contribution is -0.115. The summed E-state index contributed by atoms with van der Waals surface area (Å²) in [5, 5.41) is 2.85. The van der Waals surface area contributed by atoms with Crippen molar-refractivity contribution >= 4 is 33.2 Å². The fourth-order valence-corrected chi connectivity index (χ4v) is 2.78. The van der Waals surface area contributed by atoms with Gasteiger partial charge in [0.05, 0.1) is 17.9 Å². The lowest BCUT2D eigenvalue weighted by atomic mass is 10.1. The van der Waals surface area contributed by atoms with Crippen LogP contribution in [-0.2, 0) is 11.3 Å². The quantitative estimate of drug-likeness (QED) is 0.910. The number of halogens is 2. The first-order valence-corrected chi connectivity index (χ1v) is 7.00. The molecule has 102 valence electrons. The topological polar surface area (TPSA) is 32.3 Å². The standard InChI is InChI=1S/C15H12BrFN2O/c16-12-7-11(17)6-5-10(12)8-19-9-15(20)18-13-3-1-2-4-14(13)19/h1-7H,8-9H2,(H,18,20). The third kappa shape index (κ3) is 2.54. The number of rotatable bonds is 2. The predicted octanol–water partition coefficient (Wildman–Crippen LogP) is 3.55. The van der Waals surface area contributed by atoms with Crippen molar-refractivity contribution in [2.75, 3.05) is 16.8 Å². The van der Waals surface area contributed by atoms with Gasteiger partial charge in [0.1, 0.15) is 5.82 Å². The van der Waals surface area contributed by atoms with Crippen molar-refractivity contribution in [3.63, 3.8) is 0 Å². The molecule has 20 heavy (non-hydrogen) atoms. The van der Waals surface area contributed by atoms with Crippen molar-refractivity contribution in [2.24, 2.45) is 0 Å². The van der Waals surface area contributed by atoms with Crippen molar-refractivity contribution in [1.29, 1.82) is 0 Å². The summed E-state index contributed by atoms with van der Waals surface area (Å²) in [6.07, 6.45) is 0. The molecule has 3 nitrogen and oxygen atoms in total. The Hall–Kier alpha value is -1.88. The zero-order valence-corrected chi connectivity index (χ0v) is 12.2. The highest BCUT2D eigenvalue weighted by Crippen LogP contribution is 2.31. The molecule has 2 aromatic rings. The molecule has 1 aliphatic heterocycles. The van der Waals surface area contributed by atoms with Gasteiger partial charge in [0, 0.05) is 11.0 Å². The van der Waals surface area contributed by atoms with E-state index < -0.39 is 0 Å². The Morgan fingerprint density at radius 3 is 2.85 bits per heavy atom. The third-order valence-corrected chi connectivity index (χ3v) is 3.97. The summed E-state index contributed by atoms with van der Waals surface area (Å²) in [6, 6.07) is 12.3. The lowest BCUT2D eigenvalue weighted by Crippen LogP contribution is -2.37. The number of nitrogens with one attached hydrogen (secondary N) is 1. The molecule has 0 bridgehead atoms. The van der Waals surface area contributed by atoms with Gasteiger partial charge in [0.2, 0.25) is 5.91 Å². The van der Waals surface area contributed by atoms with Crippen molar-refractivity contribution in [3.8, 4) is 0 Å². The maximum atomic E-state index is 13.1. The van der Waals surface area contributed by atoms with E-state index in [4.69, 9.17) is 0 Å². The van der Waals surface area contributed by atoms with Crippen LogP contribution in [0.1, 0.15) is 5.56 Å². The van der Waals surface area contributed by atoms with Crippen molar-refractivity contribution in [1.82, 2.24) is 0 Å². The van der Waals surface area contributed by atoms with Crippen LogP contribution in [0.5, 0.6) is 0 Å². The molecule has 0 spiro atoms. The van der Waals surface area contributed by atoms with Crippen LogP contribution in [0.25, 0.3) is 0 Å². The van der Waals surface area contributed by atoms with Crippen LogP contribution in [0, 0.1) is 5.82 Å². The van der Waals surface area contributed by atoms with E-state index in [0.717, 1.165) is 16.9 Å². The highest BCUT2D eigenvalue weighted by Gasteiger charge is 2.22. The van der Waals surface area contributed by atoms with Crippen LogP contribution in [0.15, 0.2) is 46.9 Å². The molecule has 1 amide bonds. The van der Waals surface area contributed by atoms with Crippen LogP contribution < -0.4 is 10.2 Å². The number of amides is 1. The minimum atomic E-state index is -0.280. The number of carbonyl (C=O) groups excluding carboxylic acids is 1. The Morgan fingerprint density at radius 2 is 2.05 bits per heavy atom. The molecule has 1 N–H and O–H groups in total. The molecule has 3 rings (SSSR count). The molecular formula is C15H12BrFN2O. The first kappa shape index (κ1) is 13.1. The van der Waals surface area contributed by atoms with Gasteiger partial charge >= 0.3 is 0 Å². The zero-order chi connectivity index (χ0) is 14.1. The molecular weight excluding hydrogens is 323 g/mol. The molecule has 0 saturated heterocycles. The Morgan fingerprint density at radius 1 is 1.25 bits per heavy atom. The van der Waals surface area contributed by atoms with Crippen LogP contribution >= 0.6 is 15.9 Å². The van der Waals surface area contributed by atoms with E-state index >= 15 is 0 Å². The second kappa shape index (κ2) is 5.25. The van der Waals surface area contributed by atoms with Crippen LogP contribution in [0.4, 0.5) is 15.8 Å². The van der Waals surface area contributed by atoms with Gasteiger partial charge in [-0.25, -0.2) is 4.39 Å². The fourth-order valence-electron chi connectivity index (χ4n) is 2.30. The fraction of sp³-hybridized carbons (Fsp3) is 0.133. The molecule has 0 fully saturated rings. The average molecular weight is 335 g/mol. The van der Waals surface area contributed by atoms with E-state index in [-0.39, 0.29) is 11.7 Å². The van der Waals surface area contributed by atoms with Gasteiger partial charge in [-0.15, -0.1) is 0 Å². The molecule has 1 heterocycles. The van der Waals surface area contributed by atoms with E-state index in [2.05, 4.69) is 21.2 Å². The number of nitrogens with zero attached hydrogens (tertiary/aromatic N) is 1. The molecule has 0 aliphatic carbocycles. The summed E-state index contributed by atoms with van der Waals surface area (Å²) in [7, 11) is 0. The Bertz CT molecular complexity index is 675. The number of hydrogen-bond acceptors (Lipinski definition) is 2. The number of fused-ring (bicyclic) bond motifs is 1. The zero-order valence-electron chi connectivity index (χ0n) is 10.6. The summed E-state index contributed by atoms with van der Waals surface area (Å²) < 4.78 is 13.8. The molecule has 0 radical (unpaired) electrons.